The molecular formula is C25H24N6O3S. The number of oxime groups is 1. The summed E-state index contributed by atoms with van der Waals surface area (Å²) in [6.07, 6.45) is 5.03. The minimum atomic E-state index is -0.142. The highest BCUT2D eigenvalue weighted by atomic mass is 32.1. The van der Waals surface area contributed by atoms with Crippen molar-refractivity contribution in [3.05, 3.63) is 65.1 Å². The lowest BCUT2D eigenvalue weighted by molar-refractivity contribution is -0.114. The van der Waals surface area contributed by atoms with Gasteiger partial charge < -0.3 is 15.3 Å². The highest BCUT2D eigenvalue weighted by Gasteiger charge is 2.30. The van der Waals surface area contributed by atoms with Crippen LogP contribution in [-0.4, -0.2) is 50.2 Å². The summed E-state index contributed by atoms with van der Waals surface area (Å²) in [6.45, 7) is 3.52. The molecule has 1 aliphatic rings. The summed E-state index contributed by atoms with van der Waals surface area (Å²) in [5.74, 6) is -0.142. The summed E-state index contributed by atoms with van der Waals surface area (Å²) in [5.41, 5.74) is 7.66. The third-order valence-electron chi connectivity index (χ3n) is 5.57. The molecule has 10 heteroatoms. The maximum Gasteiger partial charge on any atom is 0.223 e. The minimum Gasteiger partial charge on any atom is -0.393 e. The molecule has 0 saturated heterocycles. The number of aryl methyl sites for hydroxylation is 2. The SMILES string of the molecule is CC(=O)Nc1nc2c(s1)-c1c(c(-c3ccc(C)nc3)nn1-c1ccc(/C=N/OCCO)cc1)CC2. The van der Waals surface area contributed by atoms with Gasteiger partial charge in [0.15, 0.2) is 5.13 Å². The number of pyridine rings is 1. The number of aromatic nitrogens is 4. The Bertz CT molecular complexity index is 1390. The zero-order chi connectivity index (χ0) is 24.4. The number of hydrogen-bond donors (Lipinski definition) is 2. The first-order chi connectivity index (χ1) is 17.0. The highest BCUT2D eigenvalue weighted by Crippen LogP contribution is 2.44. The lowest BCUT2D eigenvalue weighted by atomic mass is 9.95. The monoisotopic (exact) mass is 488 g/mol. The Hall–Kier alpha value is -3.89. The van der Waals surface area contributed by atoms with Gasteiger partial charge in [0.1, 0.15) is 6.61 Å². The van der Waals surface area contributed by atoms with Crippen LogP contribution in [-0.2, 0) is 22.5 Å². The fourth-order valence-corrected chi connectivity index (χ4v) is 5.11. The van der Waals surface area contributed by atoms with Crippen LogP contribution >= 0.6 is 11.3 Å². The van der Waals surface area contributed by atoms with Gasteiger partial charge in [0.25, 0.3) is 0 Å². The van der Waals surface area contributed by atoms with Gasteiger partial charge in [-0.1, -0.05) is 28.6 Å². The maximum absolute atomic E-state index is 11.6. The van der Waals surface area contributed by atoms with Crippen LogP contribution in [0.1, 0.15) is 29.4 Å². The van der Waals surface area contributed by atoms with Crippen LogP contribution in [0, 0.1) is 6.92 Å². The number of nitrogens with one attached hydrogen (secondary N) is 1. The van der Waals surface area contributed by atoms with E-state index in [0.29, 0.717) is 5.13 Å². The van der Waals surface area contributed by atoms with Crippen molar-refractivity contribution in [3.8, 4) is 27.5 Å². The average molecular weight is 489 g/mol. The topological polar surface area (TPSA) is 115 Å². The van der Waals surface area contributed by atoms with Gasteiger partial charge in [-0.05, 0) is 49.6 Å². The summed E-state index contributed by atoms with van der Waals surface area (Å²) in [6, 6.07) is 11.8. The Kier molecular flexibility index (Phi) is 6.39. The van der Waals surface area contributed by atoms with E-state index in [0.717, 1.165) is 62.9 Å². The number of benzene rings is 1. The number of aliphatic hydroxyl groups excluding tert-OH is 1. The molecule has 0 atom stereocenters. The van der Waals surface area contributed by atoms with E-state index in [2.05, 4.69) is 20.4 Å². The summed E-state index contributed by atoms with van der Waals surface area (Å²) < 4.78 is 1.95. The van der Waals surface area contributed by atoms with E-state index in [1.54, 1.807) is 6.21 Å². The molecule has 3 heterocycles. The number of aliphatic hydroxyl groups is 1. The predicted molar refractivity (Wildman–Crippen MR) is 135 cm³/mol. The van der Waals surface area contributed by atoms with Gasteiger partial charge in [0.2, 0.25) is 5.91 Å². The number of thiazole rings is 1. The second-order valence-electron chi connectivity index (χ2n) is 8.13. The van der Waals surface area contributed by atoms with Crippen LogP contribution in [0.15, 0.2) is 47.8 Å². The average Bonchev–Trinajstić information content (AvgIpc) is 3.43. The predicted octanol–water partition coefficient (Wildman–Crippen LogP) is 3.77. The van der Waals surface area contributed by atoms with E-state index in [9.17, 15) is 4.79 Å². The smallest absolute Gasteiger partial charge is 0.223 e. The standard InChI is InChI=1S/C25H24N6O3S/c1-15-3-6-18(14-26-15)22-20-9-10-21-24(35-25(29-21)28-16(2)33)23(20)31(30-22)19-7-4-17(5-8-19)13-27-34-12-11-32/h3-8,13-14,32H,9-12H2,1-2H3,(H,28,29,33)/b27-13+. The zero-order valence-electron chi connectivity index (χ0n) is 19.4. The van der Waals surface area contributed by atoms with Gasteiger partial charge >= 0.3 is 0 Å². The fraction of sp³-hybridized carbons (Fsp3) is 0.240. The number of anilines is 1. The van der Waals surface area contributed by atoms with E-state index in [1.807, 2.05) is 54.2 Å². The van der Waals surface area contributed by atoms with Gasteiger partial charge in [-0.15, -0.1) is 0 Å². The summed E-state index contributed by atoms with van der Waals surface area (Å²) in [4.78, 5) is 26.7. The number of rotatable bonds is 7. The van der Waals surface area contributed by atoms with Gasteiger partial charge in [-0.3, -0.25) is 9.78 Å². The number of nitrogens with zero attached hydrogens (tertiary/aromatic N) is 5. The van der Waals surface area contributed by atoms with E-state index in [-0.39, 0.29) is 19.1 Å². The molecule has 0 fully saturated rings. The first-order valence-electron chi connectivity index (χ1n) is 11.2. The molecule has 1 aliphatic carbocycles. The number of amides is 1. The molecule has 0 radical (unpaired) electrons. The van der Waals surface area contributed by atoms with Crippen molar-refractivity contribution in [2.75, 3.05) is 18.5 Å². The fourth-order valence-electron chi connectivity index (χ4n) is 3.99. The number of carbonyl (C=O) groups excluding carboxylic acids is 1. The lowest BCUT2D eigenvalue weighted by Gasteiger charge is -2.14. The molecule has 1 aromatic carbocycles. The van der Waals surface area contributed by atoms with Crippen molar-refractivity contribution in [1.82, 2.24) is 19.7 Å². The quantitative estimate of drug-likeness (QED) is 0.233. The first-order valence-corrected chi connectivity index (χ1v) is 12.0. The Morgan fingerprint density at radius 1 is 1.26 bits per heavy atom. The maximum atomic E-state index is 11.6. The minimum absolute atomic E-state index is 0.0806. The van der Waals surface area contributed by atoms with Crippen molar-refractivity contribution < 1.29 is 14.7 Å². The largest absolute Gasteiger partial charge is 0.393 e. The van der Waals surface area contributed by atoms with Gasteiger partial charge in [0.05, 0.1) is 40.5 Å². The normalized spacial score (nSPS) is 12.4. The van der Waals surface area contributed by atoms with Crippen LogP contribution in [0.5, 0.6) is 0 Å². The summed E-state index contributed by atoms with van der Waals surface area (Å²) >= 11 is 1.47. The molecule has 0 aliphatic heterocycles. The van der Waals surface area contributed by atoms with Crippen molar-refractivity contribution in [2.45, 2.75) is 26.7 Å². The van der Waals surface area contributed by atoms with Gasteiger partial charge in [0, 0.05) is 29.9 Å². The van der Waals surface area contributed by atoms with Crippen molar-refractivity contribution in [3.63, 3.8) is 0 Å². The zero-order valence-corrected chi connectivity index (χ0v) is 20.2. The number of carbonyl (C=O) groups is 1. The van der Waals surface area contributed by atoms with E-state index in [4.69, 9.17) is 15.0 Å². The van der Waals surface area contributed by atoms with Crippen molar-refractivity contribution in [1.29, 1.82) is 0 Å². The molecule has 1 amide bonds. The lowest BCUT2D eigenvalue weighted by Crippen LogP contribution is -2.07. The molecule has 35 heavy (non-hydrogen) atoms. The molecule has 0 spiro atoms. The van der Waals surface area contributed by atoms with E-state index >= 15 is 0 Å². The van der Waals surface area contributed by atoms with Crippen molar-refractivity contribution in [2.24, 2.45) is 5.16 Å². The van der Waals surface area contributed by atoms with E-state index < -0.39 is 0 Å². The van der Waals surface area contributed by atoms with E-state index in [1.165, 1.54) is 18.3 Å². The van der Waals surface area contributed by atoms with Crippen LogP contribution in [0.4, 0.5) is 5.13 Å². The van der Waals surface area contributed by atoms with Crippen LogP contribution in [0.3, 0.4) is 0 Å². The Morgan fingerprint density at radius 3 is 2.80 bits per heavy atom. The van der Waals surface area contributed by atoms with Crippen molar-refractivity contribution >= 4 is 28.6 Å². The molecule has 178 valence electrons. The molecule has 3 aromatic heterocycles. The van der Waals surface area contributed by atoms with Gasteiger partial charge in [-0.2, -0.15) is 5.10 Å². The molecular weight excluding hydrogens is 464 g/mol. The van der Waals surface area contributed by atoms with Gasteiger partial charge in [-0.25, -0.2) is 9.67 Å². The Morgan fingerprint density at radius 2 is 2.09 bits per heavy atom. The first kappa shape index (κ1) is 22.9. The van der Waals surface area contributed by atoms with Crippen LogP contribution in [0.2, 0.25) is 0 Å². The Labute approximate surface area is 206 Å². The molecule has 0 unspecified atom stereocenters. The van der Waals surface area contributed by atoms with Crippen LogP contribution < -0.4 is 5.32 Å². The van der Waals surface area contributed by atoms with Crippen LogP contribution in [0.25, 0.3) is 27.5 Å². The highest BCUT2D eigenvalue weighted by molar-refractivity contribution is 7.19. The molecule has 9 nitrogen and oxygen atoms in total. The second-order valence-corrected chi connectivity index (χ2v) is 9.13. The Balaban J connectivity index is 1.60. The third-order valence-corrected chi connectivity index (χ3v) is 6.59. The summed E-state index contributed by atoms with van der Waals surface area (Å²) in [5, 5.41) is 21.1. The molecule has 0 saturated carbocycles. The molecule has 0 bridgehead atoms. The molecule has 5 rings (SSSR count). The molecule has 2 N–H and O–H groups in total. The number of fused-ring (bicyclic) bond motifs is 3. The second kappa shape index (κ2) is 9.77. The number of hydrogen-bond acceptors (Lipinski definition) is 8. The third kappa shape index (κ3) is 4.71. The molecule has 4 aromatic rings. The summed E-state index contributed by atoms with van der Waals surface area (Å²) in [7, 11) is 0.